The molecule has 0 aliphatic carbocycles. The Bertz CT molecular complexity index is 925. The van der Waals surface area contributed by atoms with E-state index in [2.05, 4.69) is 28.5 Å². The van der Waals surface area contributed by atoms with Crippen LogP contribution in [0.25, 0.3) is 11.4 Å². The minimum Gasteiger partial charge on any atom is -0.325 e. The Morgan fingerprint density at radius 3 is 2.73 bits per heavy atom. The van der Waals surface area contributed by atoms with Crippen molar-refractivity contribution in [3.05, 3.63) is 59.1 Å². The second-order valence-corrected chi connectivity index (χ2v) is 7.09. The normalized spacial score (nSPS) is 10.7. The number of amides is 1. The van der Waals surface area contributed by atoms with Crippen molar-refractivity contribution in [2.75, 3.05) is 11.1 Å². The monoisotopic (exact) mass is 386 g/mol. The van der Waals surface area contributed by atoms with Crippen molar-refractivity contribution in [3.63, 3.8) is 0 Å². The number of anilines is 1. The van der Waals surface area contributed by atoms with Gasteiger partial charge in [0.05, 0.1) is 5.75 Å². The van der Waals surface area contributed by atoms with E-state index in [1.54, 1.807) is 24.3 Å². The van der Waals surface area contributed by atoms with Crippen LogP contribution in [0.1, 0.15) is 12.5 Å². The number of halogens is 1. The maximum Gasteiger partial charge on any atom is 0.234 e. The number of rotatable bonds is 6. The molecule has 0 unspecified atom stereocenters. The third-order valence-corrected chi connectivity index (χ3v) is 5.06. The van der Waals surface area contributed by atoms with Crippen LogP contribution in [-0.2, 0) is 11.3 Å². The Labute approximate surface area is 161 Å². The highest BCUT2D eigenvalue weighted by molar-refractivity contribution is 7.99. The van der Waals surface area contributed by atoms with Crippen LogP contribution in [0.15, 0.2) is 53.7 Å². The topological polar surface area (TPSA) is 59.8 Å². The standard InChI is InChI=1S/C19H19ClN4OS/c1-3-24-18(16-10-5-4-7-13(16)2)22-23-19(24)26-12-17(25)21-15-9-6-8-14(20)11-15/h4-11H,3,12H2,1-2H3,(H,21,25). The Morgan fingerprint density at radius 2 is 2.00 bits per heavy atom. The van der Waals surface area contributed by atoms with Crippen molar-refractivity contribution < 1.29 is 4.79 Å². The Kier molecular flexibility index (Phi) is 5.96. The minimum atomic E-state index is -0.111. The number of aromatic nitrogens is 3. The van der Waals surface area contributed by atoms with Gasteiger partial charge in [-0.15, -0.1) is 10.2 Å². The lowest BCUT2D eigenvalue weighted by atomic mass is 10.1. The van der Waals surface area contributed by atoms with Crippen molar-refractivity contribution in [2.24, 2.45) is 0 Å². The first-order valence-corrected chi connectivity index (χ1v) is 9.62. The molecular formula is C19H19ClN4OS. The average Bonchev–Trinajstić information content (AvgIpc) is 3.03. The molecule has 0 radical (unpaired) electrons. The molecule has 1 amide bonds. The lowest BCUT2D eigenvalue weighted by Crippen LogP contribution is -2.14. The van der Waals surface area contributed by atoms with Crippen molar-refractivity contribution in [2.45, 2.75) is 25.5 Å². The molecule has 0 fully saturated rings. The van der Waals surface area contributed by atoms with E-state index in [1.165, 1.54) is 11.8 Å². The maximum absolute atomic E-state index is 12.2. The highest BCUT2D eigenvalue weighted by Crippen LogP contribution is 2.26. The van der Waals surface area contributed by atoms with E-state index in [0.29, 0.717) is 10.7 Å². The number of nitrogens with zero attached hydrogens (tertiary/aromatic N) is 3. The van der Waals surface area contributed by atoms with E-state index in [9.17, 15) is 4.79 Å². The summed E-state index contributed by atoms with van der Waals surface area (Å²) in [6.07, 6.45) is 0. The molecule has 7 heteroatoms. The number of hydrogen-bond donors (Lipinski definition) is 1. The summed E-state index contributed by atoms with van der Waals surface area (Å²) in [6, 6.07) is 15.2. The molecule has 0 saturated carbocycles. The molecule has 3 rings (SSSR count). The number of aryl methyl sites for hydroxylation is 1. The molecule has 2 aromatic carbocycles. The molecule has 0 saturated heterocycles. The summed E-state index contributed by atoms with van der Waals surface area (Å²) in [5.41, 5.74) is 2.88. The van der Waals surface area contributed by atoms with Gasteiger partial charge in [0.2, 0.25) is 5.91 Å². The Morgan fingerprint density at radius 1 is 1.19 bits per heavy atom. The van der Waals surface area contributed by atoms with Crippen LogP contribution < -0.4 is 5.32 Å². The molecule has 1 aromatic heterocycles. The Balaban J connectivity index is 1.71. The molecule has 134 valence electrons. The number of nitrogens with one attached hydrogen (secondary N) is 1. The van der Waals surface area contributed by atoms with Gasteiger partial charge in [0, 0.05) is 22.8 Å². The van der Waals surface area contributed by atoms with Crippen molar-refractivity contribution in [1.29, 1.82) is 0 Å². The van der Waals surface area contributed by atoms with Gasteiger partial charge in [-0.1, -0.05) is 53.7 Å². The van der Waals surface area contributed by atoms with Gasteiger partial charge in [0.25, 0.3) is 0 Å². The van der Waals surface area contributed by atoms with Crippen LogP contribution >= 0.6 is 23.4 Å². The van der Waals surface area contributed by atoms with Crippen LogP contribution in [0.3, 0.4) is 0 Å². The van der Waals surface area contributed by atoms with Gasteiger partial charge < -0.3 is 9.88 Å². The average molecular weight is 387 g/mol. The summed E-state index contributed by atoms with van der Waals surface area (Å²) < 4.78 is 2.03. The van der Waals surface area contributed by atoms with Crippen LogP contribution in [0.5, 0.6) is 0 Å². The van der Waals surface area contributed by atoms with E-state index in [0.717, 1.165) is 28.7 Å². The molecule has 5 nitrogen and oxygen atoms in total. The number of thioether (sulfide) groups is 1. The number of carbonyl (C=O) groups excluding carboxylic acids is 1. The second-order valence-electron chi connectivity index (χ2n) is 5.71. The maximum atomic E-state index is 12.2. The smallest absolute Gasteiger partial charge is 0.234 e. The van der Waals surface area contributed by atoms with E-state index in [1.807, 2.05) is 29.7 Å². The van der Waals surface area contributed by atoms with E-state index in [-0.39, 0.29) is 11.7 Å². The first-order chi connectivity index (χ1) is 12.6. The SMILES string of the molecule is CCn1c(SCC(=O)Nc2cccc(Cl)c2)nnc1-c1ccccc1C. The summed E-state index contributed by atoms with van der Waals surface area (Å²) in [5, 5.41) is 12.8. The lowest BCUT2D eigenvalue weighted by Gasteiger charge is -2.09. The summed E-state index contributed by atoms with van der Waals surface area (Å²) in [5.74, 6) is 0.960. The van der Waals surface area contributed by atoms with Gasteiger partial charge >= 0.3 is 0 Å². The Hall–Kier alpha value is -2.31. The fourth-order valence-electron chi connectivity index (χ4n) is 2.60. The fraction of sp³-hybridized carbons (Fsp3) is 0.211. The summed E-state index contributed by atoms with van der Waals surface area (Å²) in [4.78, 5) is 12.2. The predicted molar refractivity (Wildman–Crippen MR) is 107 cm³/mol. The summed E-state index contributed by atoms with van der Waals surface area (Å²) >= 11 is 7.31. The fourth-order valence-corrected chi connectivity index (χ4v) is 3.59. The summed E-state index contributed by atoms with van der Waals surface area (Å²) in [6.45, 7) is 4.82. The zero-order valence-electron chi connectivity index (χ0n) is 14.6. The number of benzene rings is 2. The molecule has 0 aliphatic heterocycles. The van der Waals surface area contributed by atoms with Crippen molar-refractivity contribution in [1.82, 2.24) is 14.8 Å². The first kappa shape index (κ1) is 18.5. The summed E-state index contributed by atoms with van der Waals surface area (Å²) in [7, 11) is 0. The number of carbonyl (C=O) groups is 1. The zero-order chi connectivity index (χ0) is 18.5. The van der Waals surface area contributed by atoms with Gasteiger partial charge in [-0.2, -0.15) is 0 Å². The van der Waals surface area contributed by atoms with Crippen molar-refractivity contribution in [3.8, 4) is 11.4 Å². The van der Waals surface area contributed by atoms with Gasteiger partial charge in [-0.25, -0.2) is 0 Å². The third kappa shape index (κ3) is 4.26. The van der Waals surface area contributed by atoms with E-state index >= 15 is 0 Å². The molecule has 1 N–H and O–H groups in total. The predicted octanol–water partition coefficient (Wildman–Crippen LogP) is 4.66. The van der Waals surface area contributed by atoms with Gasteiger partial charge in [-0.05, 0) is 37.6 Å². The van der Waals surface area contributed by atoms with Crippen molar-refractivity contribution >= 4 is 35.0 Å². The zero-order valence-corrected chi connectivity index (χ0v) is 16.1. The molecule has 26 heavy (non-hydrogen) atoms. The van der Waals surface area contributed by atoms with E-state index < -0.39 is 0 Å². The quantitative estimate of drug-likeness (QED) is 0.626. The van der Waals surface area contributed by atoms with Gasteiger partial charge in [0.15, 0.2) is 11.0 Å². The molecule has 0 aliphatic rings. The molecular weight excluding hydrogens is 368 g/mol. The molecule has 1 heterocycles. The lowest BCUT2D eigenvalue weighted by molar-refractivity contribution is -0.113. The largest absolute Gasteiger partial charge is 0.325 e. The molecule has 3 aromatic rings. The second kappa shape index (κ2) is 8.38. The third-order valence-electron chi connectivity index (χ3n) is 3.86. The van der Waals surface area contributed by atoms with Crippen LogP contribution in [0, 0.1) is 6.92 Å². The van der Waals surface area contributed by atoms with Gasteiger partial charge in [0.1, 0.15) is 0 Å². The highest BCUT2D eigenvalue weighted by atomic mass is 35.5. The van der Waals surface area contributed by atoms with Crippen LogP contribution in [0.4, 0.5) is 5.69 Å². The molecule has 0 bridgehead atoms. The van der Waals surface area contributed by atoms with Crippen LogP contribution in [-0.4, -0.2) is 26.4 Å². The number of hydrogen-bond acceptors (Lipinski definition) is 4. The van der Waals surface area contributed by atoms with Crippen LogP contribution in [0.2, 0.25) is 5.02 Å². The van der Waals surface area contributed by atoms with E-state index in [4.69, 9.17) is 11.6 Å². The van der Waals surface area contributed by atoms with Gasteiger partial charge in [-0.3, -0.25) is 4.79 Å². The highest BCUT2D eigenvalue weighted by Gasteiger charge is 2.15. The first-order valence-electron chi connectivity index (χ1n) is 8.26. The molecule has 0 spiro atoms. The molecule has 0 atom stereocenters. The minimum absolute atomic E-state index is 0.111.